The van der Waals surface area contributed by atoms with Gasteiger partial charge in [0, 0.05) is 23.1 Å². The van der Waals surface area contributed by atoms with Gasteiger partial charge in [-0.2, -0.15) is 4.98 Å². The highest BCUT2D eigenvalue weighted by Gasteiger charge is 2.24. The SMILES string of the molecule is COC(=O)c1c(C)[nH]c(C)c1-c1cnc(OC)nc1OC. The van der Waals surface area contributed by atoms with Gasteiger partial charge in [-0.05, 0) is 13.8 Å². The smallest absolute Gasteiger partial charge is 0.340 e. The first-order valence-electron chi connectivity index (χ1n) is 6.26. The molecule has 112 valence electrons. The molecule has 0 saturated carbocycles. The van der Waals surface area contributed by atoms with E-state index in [-0.39, 0.29) is 6.01 Å². The summed E-state index contributed by atoms with van der Waals surface area (Å²) in [7, 11) is 4.31. The monoisotopic (exact) mass is 291 g/mol. The lowest BCUT2D eigenvalue weighted by atomic mass is 10.0. The summed E-state index contributed by atoms with van der Waals surface area (Å²) in [4.78, 5) is 23.4. The number of carbonyl (C=O) groups excluding carboxylic acids is 1. The van der Waals surface area contributed by atoms with E-state index in [0.717, 1.165) is 5.69 Å². The van der Waals surface area contributed by atoms with Crippen molar-refractivity contribution in [2.75, 3.05) is 21.3 Å². The molecule has 0 saturated heterocycles. The van der Waals surface area contributed by atoms with Crippen LogP contribution in [-0.2, 0) is 4.74 Å². The number of aromatic amines is 1. The first kappa shape index (κ1) is 14.8. The van der Waals surface area contributed by atoms with Gasteiger partial charge >= 0.3 is 12.0 Å². The maximum Gasteiger partial charge on any atom is 0.340 e. The van der Waals surface area contributed by atoms with Gasteiger partial charge in [-0.25, -0.2) is 9.78 Å². The molecule has 21 heavy (non-hydrogen) atoms. The Morgan fingerprint density at radius 3 is 2.43 bits per heavy atom. The Bertz CT molecular complexity index is 679. The van der Waals surface area contributed by atoms with Crippen molar-refractivity contribution in [3.05, 3.63) is 23.1 Å². The van der Waals surface area contributed by atoms with Crippen molar-refractivity contribution in [2.45, 2.75) is 13.8 Å². The van der Waals surface area contributed by atoms with E-state index >= 15 is 0 Å². The first-order chi connectivity index (χ1) is 10.0. The fourth-order valence-corrected chi connectivity index (χ4v) is 2.25. The molecule has 7 heteroatoms. The van der Waals surface area contributed by atoms with E-state index in [4.69, 9.17) is 14.2 Å². The number of methoxy groups -OCH3 is 3. The maximum absolute atomic E-state index is 12.0. The van der Waals surface area contributed by atoms with Crippen LogP contribution in [0.3, 0.4) is 0 Å². The second-order valence-electron chi connectivity index (χ2n) is 4.40. The number of aromatic nitrogens is 3. The van der Waals surface area contributed by atoms with Gasteiger partial charge < -0.3 is 19.2 Å². The summed E-state index contributed by atoms with van der Waals surface area (Å²) >= 11 is 0. The highest BCUT2D eigenvalue weighted by atomic mass is 16.5. The quantitative estimate of drug-likeness (QED) is 0.866. The average molecular weight is 291 g/mol. The number of rotatable bonds is 4. The Balaban J connectivity index is 2.69. The third-order valence-electron chi connectivity index (χ3n) is 3.14. The van der Waals surface area contributed by atoms with Gasteiger partial charge in [0.15, 0.2) is 0 Å². The van der Waals surface area contributed by atoms with Gasteiger partial charge in [0.05, 0.1) is 32.5 Å². The molecule has 0 radical (unpaired) electrons. The van der Waals surface area contributed by atoms with Gasteiger partial charge in [0.25, 0.3) is 0 Å². The van der Waals surface area contributed by atoms with Crippen molar-refractivity contribution in [3.63, 3.8) is 0 Å². The van der Waals surface area contributed by atoms with E-state index in [1.807, 2.05) is 6.92 Å². The Morgan fingerprint density at radius 1 is 1.14 bits per heavy atom. The minimum absolute atomic E-state index is 0.195. The van der Waals surface area contributed by atoms with Gasteiger partial charge in [-0.1, -0.05) is 0 Å². The standard InChI is InChI=1S/C14H17N3O4/c1-7-10(11(8(2)16-7)13(18)20-4)9-6-15-14(21-5)17-12(9)19-3/h6,16H,1-5H3. The Hall–Kier alpha value is -2.57. The summed E-state index contributed by atoms with van der Waals surface area (Å²) in [5.41, 5.74) is 3.23. The number of carbonyl (C=O) groups is 1. The molecule has 2 heterocycles. The number of nitrogens with zero attached hydrogens (tertiary/aromatic N) is 2. The summed E-state index contributed by atoms with van der Waals surface area (Å²) < 4.78 is 15.1. The summed E-state index contributed by atoms with van der Waals surface area (Å²) in [5.74, 6) is -0.0983. The molecule has 7 nitrogen and oxygen atoms in total. The lowest BCUT2D eigenvalue weighted by molar-refractivity contribution is 0.0601. The summed E-state index contributed by atoms with van der Waals surface area (Å²) in [6, 6.07) is 0.195. The first-order valence-corrected chi connectivity index (χ1v) is 6.26. The zero-order valence-corrected chi connectivity index (χ0v) is 12.6. The van der Waals surface area contributed by atoms with Crippen molar-refractivity contribution in [1.29, 1.82) is 0 Å². The molecule has 2 rings (SSSR count). The van der Waals surface area contributed by atoms with Crippen molar-refractivity contribution < 1.29 is 19.0 Å². The number of esters is 1. The lowest BCUT2D eigenvalue weighted by Gasteiger charge is -2.10. The number of aryl methyl sites for hydroxylation is 2. The van der Waals surface area contributed by atoms with Crippen LogP contribution in [0.15, 0.2) is 6.20 Å². The molecule has 0 aliphatic heterocycles. The molecule has 0 amide bonds. The minimum atomic E-state index is -0.426. The highest BCUT2D eigenvalue weighted by Crippen LogP contribution is 2.35. The van der Waals surface area contributed by atoms with Crippen LogP contribution < -0.4 is 9.47 Å². The molecule has 2 aromatic rings. The molecule has 1 N–H and O–H groups in total. The second-order valence-corrected chi connectivity index (χ2v) is 4.40. The molecule has 0 aliphatic rings. The molecular weight excluding hydrogens is 274 g/mol. The fourth-order valence-electron chi connectivity index (χ4n) is 2.25. The molecule has 2 aromatic heterocycles. The second kappa shape index (κ2) is 5.82. The van der Waals surface area contributed by atoms with Gasteiger partial charge in [-0.3, -0.25) is 0 Å². The van der Waals surface area contributed by atoms with Crippen LogP contribution in [0.4, 0.5) is 0 Å². The van der Waals surface area contributed by atoms with E-state index in [1.54, 1.807) is 13.1 Å². The van der Waals surface area contributed by atoms with Crippen molar-refractivity contribution in [3.8, 4) is 23.0 Å². The van der Waals surface area contributed by atoms with Crippen LogP contribution >= 0.6 is 0 Å². The van der Waals surface area contributed by atoms with E-state index in [9.17, 15) is 4.79 Å². The molecule has 0 unspecified atom stereocenters. The van der Waals surface area contributed by atoms with Crippen molar-refractivity contribution in [2.24, 2.45) is 0 Å². The summed E-state index contributed by atoms with van der Waals surface area (Å²) in [6.45, 7) is 3.66. The number of hydrogen-bond acceptors (Lipinski definition) is 6. The van der Waals surface area contributed by atoms with Crippen LogP contribution in [0.5, 0.6) is 11.9 Å². The third-order valence-corrected chi connectivity index (χ3v) is 3.14. The van der Waals surface area contributed by atoms with E-state index < -0.39 is 5.97 Å². The highest BCUT2D eigenvalue weighted by molar-refractivity contribution is 6.00. The molecular formula is C14H17N3O4. The van der Waals surface area contributed by atoms with Gasteiger partial charge in [0.1, 0.15) is 0 Å². The Morgan fingerprint density at radius 2 is 1.86 bits per heavy atom. The molecule has 0 spiro atoms. The van der Waals surface area contributed by atoms with Crippen molar-refractivity contribution in [1.82, 2.24) is 15.0 Å². The van der Waals surface area contributed by atoms with Crippen LogP contribution in [0, 0.1) is 13.8 Å². The third kappa shape index (κ3) is 2.54. The number of ether oxygens (including phenoxy) is 3. The number of H-pyrrole nitrogens is 1. The minimum Gasteiger partial charge on any atom is -0.480 e. The molecule has 0 bridgehead atoms. The largest absolute Gasteiger partial charge is 0.480 e. The van der Waals surface area contributed by atoms with E-state index in [1.165, 1.54) is 21.3 Å². The molecule has 0 fully saturated rings. The number of hydrogen-bond donors (Lipinski definition) is 1. The molecule has 0 atom stereocenters. The molecule has 0 aromatic carbocycles. The summed E-state index contributed by atoms with van der Waals surface area (Å²) in [5, 5.41) is 0. The van der Waals surface area contributed by atoms with Crippen LogP contribution in [-0.4, -0.2) is 42.3 Å². The van der Waals surface area contributed by atoms with Crippen LogP contribution in [0.25, 0.3) is 11.1 Å². The van der Waals surface area contributed by atoms with Crippen molar-refractivity contribution >= 4 is 5.97 Å². The topological polar surface area (TPSA) is 86.3 Å². The van der Waals surface area contributed by atoms with E-state index in [2.05, 4.69) is 15.0 Å². The number of nitrogens with one attached hydrogen (secondary N) is 1. The average Bonchev–Trinajstić information content (AvgIpc) is 2.79. The predicted molar refractivity (Wildman–Crippen MR) is 75.7 cm³/mol. The molecule has 0 aliphatic carbocycles. The van der Waals surface area contributed by atoms with Crippen LogP contribution in [0.1, 0.15) is 21.7 Å². The lowest BCUT2D eigenvalue weighted by Crippen LogP contribution is -2.05. The Kier molecular flexibility index (Phi) is 4.11. The van der Waals surface area contributed by atoms with E-state index in [0.29, 0.717) is 28.3 Å². The maximum atomic E-state index is 12.0. The predicted octanol–water partition coefficient (Wildman–Crippen LogP) is 1.89. The zero-order valence-electron chi connectivity index (χ0n) is 12.6. The van der Waals surface area contributed by atoms with Gasteiger partial charge in [-0.15, -0.1) is 0 Å². The normalized spacial score (nSPS) is 10.3. The Labute approximate surface area is 122 Å². The van der Waals surface area contributed by atoms with Crippen LogP contribution in [0.2, 0.25) is 0 Å². The fraction of sp³-hybridized carbons (Fsp3) is 0.357. The zero-order chi connectivity index (χ0) is 15.6. The summed E-state index contributed by atoms with van der Waals surface area (Å²) in [6.07, 6.45) is 1.56. The van der Waals surface area contributed by atoms with Gasteiger partial charge in [0.2, 0.25) is 5.88 Å².